The number of alkyl halides is 1. The lowest BCUT2D eigenvalue weighted by Gasteiger charge is -2.40. The van der Waals surface area contributed by atoms with E-state index >= 15 is 4.39 Å². The molecule has 1 unspecified atom stereocenters. The van der Waals surface area contributed by atoms with Gasteiger partial charge in [0.25, 0.3) is 0 Å². The molecule has 0 fully saturated rings. The quantitative estimate of drug-likeness (QED) is 0.130. The smallest absolute Gasteiger partial charge is 0.191 e. The number of pyridine rings is 2. The van der Waals surface area contributed by atoms with Gasteiger partial charge in [-0.05, 0) is 80.6 Å². The van der Waals surface area contributed by atoms with Crippen LogP contribution in [0.4, 0.5) is 4.39 Å². The highest BCUT2D eigenvalue weighted by Crippen LogP contribution is 2.40. The van der Waals surface area contributed by atoms with Gasteiger partial charge >= 0.3 is 0 Å². The Morgan fingerprint density at radius 2 is 1.19 bits per heavy atom. The van der Waals surface area contributed by atoms with Gasteiger partial charge in [0.2, 0.25) is 0 Å². The van der Waals surface area contributed by atoms with Crippen molar-refractivity contribution in [3.8, 4) is 17.3 Å². The van der Waals surface area contributed by atoms with E-state index in [1.165, 1.54) is 15.6 Å². The second-order valence-electron chi connectivity index (χ2n) is 15.0. The fraction of sp³-hybridized carbons (Fsp3) is 0.0196. The van der Waals surface area contributed by atoms with Crippen LogP contribution in [0.15, 0.2) is 195 Å². The maximum atomic E-state index is 17.3. The Morgan fingerprint density at radius 1 is 0.517 bits per heavy atom. The van der Waals surface area contributed by atoms with Crippen LogP contribution in [0.1, 0.15) is 17.3 Å². The highest BCUT2D eigenvalue weighted by Gasteiger charge is 2.50. The summed E-state index contributed by atoms with van der Waals surface area (Å²) in [5.41, 5.74) is 4.93. The van der Waals surface area contributed by atoms with Crippen molar-refractivity contribution in [2.75, 3.05) is 0 Å². The van der Waals surface area contributed by atoms with Crippen LogP contribution in [0.2, 0.25) is 0 Å². The van der Waals surface area contributed by atoms with Crippen LogP contribution in [0.5, 0.6) is 11.5 Å². The van der Waals surface area contributed by atoms with E-state index in [-0.39, 0.29) is 0 Å². The zero-order chi connectivity index (χ0) is 38.4. The van der Waals surface area contributed by atoms with E-state index in [0.717, 1.165) is 71.6 Å². The molecule has 7 heteroatoms. The van der Waals surface area contributed by atoms with E-state index in [0.29, 0.717) is 11.1 Å². The third-order valence-electron chi connectivity index (χ3n) is 12.1. The second kappa shape index (κ2) is 12.6. The predicted molar refractivity (Wildman–Crippen MR) is 235 cm³/mol. The molecule has 0 spiro atoms. The SMILES string of the molecule is FC(c1ccc2c3ccccc3n3ccnc3c2c1)c1ccc2c3ccc4c(c3n(-c3ccccn3)c2c1)[Si](c1ccccc1)(c1ccccc1)c1ccccc1O4. The number of fused-ring (bicyclic) bond motifs is 12. The Morgan fingerprint density at radius 3 is 1.98 bits per heavy atom. The molecule has 7 aromatic carbocycles. The zero-order valence-electron chi connectivity index (χ0n) is 31.1. The van der Waals surface area contributed by atoms with Crippen molar-refractivity contribution in [1.29, 1.82) is 0 Å². The molecule has 4 aromatic heterocycles. The minimum atomic E-state index is -3.07. The van der Waals surface area contributed by atoms with Gasteiger partial charge in [-0.25, -0.2) is 14.4 Å². The van der Waals surface area contributed by atoms with Crippen LogP contribution in [0.3, 0.4) is 0 Å². The van der Waals surface area contributed by atoms with E-state index in [9.17, 15) is 0 Å². The van der Waals surface area contributed by atoms with Crippen molar-refractivity contribution in [2.24, 2.45) is 0 Å². The van der Waals surface area contributed by atoms with Crippen LogP contribution >= 0.6 is 0 Å². The lowest BCUT2D eigenvalue weighted by atomic mass is 9.97. The first-order valence-electron chi connectivity index (χ1n) is 19.5. The van der Waals surface area contributed by atoms with Crippen LogP contribution in [0, 0.1) is 0 Å². The number of para-hydroxylation sites is 2. The number of hydrogen-bond donors (Lipinski definition) is 0. The number of rotatable bonds is 5. The van der Waals surface area contributed by atoms with Gasteiger partial charge in [0, 0.05) is 45.3 Å². The summed E-state index contributed by atoms with van der Waals surface area (Å²) < 4.78 is 28.5. The maximum Gasteiger partial charge on any atom is 0.191 e. The summed E-state index contributed by atoms with van der Waals surface area (Å²) in [4.78, 5) is 9.67. The number of nitrogens with zero attached hydrogens (tertiary/aromatic N) is 4. The predicted octanol–water partition coefficient (Wildman–Crippen LogP) is 9.67. The fourth-order valence-corrected chi connectivity index (χ4v) is 14.8. The molecule has 1 aliphatic rings. The largest absolute Gasteiger partial charge is 0.457 e. The van der Waals surface area contributed by atoms with Crippen molar-refractivity contribution in [1.82, 2.24) is 18.9 Å². The Balaban J connectivity index is 1.15. The summed E-state index contributed by atoms with van der Waals surface area (Å²) in [5, 5.41) is 9.99. The first-order valence-corrected chi connectivity index (χ1v) is 21.5. The Bertz CT molecular complexity index is 3360. The fourth-order valence-electron chi connectivity index (χ4n) is 9.63. The molecule has 5 heterocycles. The van der Waals surface area contributed by atoms with E-state index < -0.39 is 14.2 Å². The van der Waals surface area contributed by atoms with Gasteiger partial charge in [-0.3, -0.25) is 8.97 Å². The molecule has 0 radical (unpaired) electrons. The van der Waals surface area contributed by atoms with Gasteiger partial charge in [0.1, 0.15) is 23.0 Å². The molecule has 0 saturated heterocycles. The molecule has 274 valence electrons. The number of halogens is 1. The minimum Gasteiger partial charge on any atom is -0.457 e. The Hall–Kier alpha value is -7.35. The van der Waals surface area contributed by atoms with Crippen molar-refractivity contribution < 1.29 is 9.13 Å². The molecule has 5 nitrogen and oxygen atoms in total. The first kappa shape index (κ1) is 32.8. The molecule has 0 N–H and O–H groups in total. The average Bonchev–Trinajstić information content (AvgIpc) is 3.93. The molecule has 11 aromatic rings. The summed E-state index contributed by atoms with van der Waals surface area (Å²) in [7, 11) is -3.07. The molecular formula is C51H33FN4OSi. The van der Waals surface area contributed by atoms with Gasteiger partial charge in [-0.1, -0.05) is 127 Å². The lowest BCUT2D eigenvalue weighted by Crippen LogP contribution is -2.76. The van der Waals surface area contributed by atoms with Crippen molar-refractivity contribution in [2.45, 2.75) is 6.17 Å². The third kappa shape index (κ3) is 4.56. The van der Waals surface area contributed by atoms with E-state index in [2.05, 4.69) is 118 Å². The van der Waals surface area contributed by atoms with Crippen LogP contribution in [-0.4, -0.2) is 27.0 Å². The molecular weight excluding hydrogens is 732 g/mol. The van der Waals surface area contributed by atoms with E-state index in [1.807, 2.05) is 79.1 Å². The standard InChI is InChI=1S/C51H33FN4OSi/c52-48(33-22-24-37-38-17-7-8-18-42(38)55-30-29-54-51(55)41(37)31-33)34-23-25-39-40-26-27-45-50(49(40)56(43(39)32-34)47-21-11-12-28-53-47)58(35-13-3-1-4-14-35,36-15-5-2-6-16-36)46-20-10-9-19-44(46)57-45/h1-32,48H. The molecule has 0 amide bonds. The van der Waals surface area contributed by atoms with Crippen molar-refractivity contribution >= 4 is 77.9 Å². The van der Waals surface area contributed by atoms with Gasteiger partial charge in [0.15, 0.2) is 14.2 Å². The maximum absolute atomic E-state index is 17.3. The number of hydrogen-bond acceptors (Lipinski definition) is 3. The summed E-state index contributed by atoms with van der Waals surface area (Å²) in [6, 6.07) is 60.8. The number of ether oxygens (including phenoxy) is 1. The highest BCUT2D eigenvalue weighted by molar-refractivity contribution is 7.21. The molecule has 0 saturated carbocycles. The normalized spacial score (nSPS) is 13.8. The van der Waals surface area contributed by atoms with Crippen LogP contribution < -0.4 is 25.5 Å². The summed E-state index contributed by atoms with van der Waals surface area (Å²) in [6.07, 6.45) is 4.21. The third-order valence-corrected chi connectivity index (χ3v) is 16.9. The van der Waals surface area contributed by atoms with E-state index in [1.54, 1.807) is 6.20 Å². The van der Waals surface area contributed by atoms with Crippen molar-refractivity contribution in [3.63, 3.8) is 0 Å². The second-order valence-corrected chi connectivity index (χ2v) is 18.7. The lowest BCUT2D eigenvalue weighted by molar-refractivity contribution is 0.402. The molecule has 1 atom stereocenters. The topological polar surface area (TPSA) is 44.4 Å². The minimum absolute atomic E-state index is 0.567. The molecule has 58 heavy (non-hydrogen) atoms. The monoisotopic (exact) mass is 764 g/mol. The average molecular weight is 765 g/mol. The van der Waals surface area contributed by atoms with Gasteiger partial charge < -0.3 is 4.74 Å². The number of benzene rings is 7. The molecule has 1 aliphatic heterocycles. The summed E-state index contributed by atoms with van der Waals surface area (Å²) in [6.45, 7) is 0. The van der Waals surface area contributed by atoms with Crippen LogP contribution in [0.25, 0.3) is 54.9 Å². The highest BCUT2D eigenvalue weighted by atomic mass is 28.3. The summed E-state index contributed by atoms with van der Waals surface area (Å²) in [5.74, 6) is 2.45. The number of aromatic nitrogens is 4. The Kier molecular flexibility index (Phi) is 7.12. The number of imidazole rings is 1. The van der Waals surface area contributed by atoms with Crippen molar-refractivity contribution in [3.05, 3.63) is 206 Å². The zero-order valence-corrected chi connectivity index (χ0v) is 32.1. The summed E-state index contributed by atoms with van der Waals surface area (Å²) >= 11 is 0. The molecule has 0 bridgehead atoms. The van der Waals surface area contributed by atoms with Crippen LogP contribution in [-0.2, 0) is 0 Å². The molecule has 0 aliphatic carbocycles. The molecule has 12 rings (SSSR count). The first-order chi connectivity index (χ1) is 28.7. The van der Waals surface area contributed by atoms with Gasteiger partial charge in [0.05, 0.1) is 16.6 Å². The van der Waals surface area contributed by atoms with E-state index in [4.69, 9.17) is 14.7 Å². The van der Waals surface area contributed by atoms with Gasteiger partial charge in [-0.2, -0.15) is 0 Å². The van der Waals surface area contributed by atoms with Gasteiger partial charge in [-0.15, -0.1) is 0 Å². The Labute approximate surface area is 333 Å².